The third-order valence-electron chi connectivity index (χ3n) is 5.35. The molecule has 0 aliphatic heterocycles. The number of fused-ring (bicyclic) bond motifs is 2. The Morgan fingerprint density at radius 2 is 2.00 bits per heavy atom. The molecule has 5 rings (SSSR count). The zero-order valence-corrected chi connectivity index (χ0v) is 8.60. The van der Waals surface area contributed by atoms with Crippen LogP contribution in [-0.2, 0) is 4.79 Å². The Bertz CT molecular complexity index is 283. The summed E-state index contributed by atoms with van der Waals surface area (Å²) < 4.78 is 0. The van der Waals surface area contributed by atoms with Crippen molar-refractivity contribution in [1.82, 2.24) is 0 Å². The molecule has 0 spiro atoms. The van der Waals surface area contributed by atoms with Gasteiger partial charge in [0.05, 0.1) is 0 Å². The third kappa shape index (κ3) is 0.730. The molecule has 4 bridgehead atoms. The lowest BCUT2D eigenvalue weighted by atomic mass is 9.41. The van der Waals surface area contributed by atoms with Gasteiger partial charge in [-0.25, -0.2) is 0 Å². The second-order valence-electron chi connectivity index (χ2n) is 5.97. The molecule has 1 heteroatoms. The van der Waals surface area contributed by atoms with E-state index in [1.165, 1.54) is 32.1 Å². The van der Waals surface area contributed by atoms with Crippen molar-refractivity contribution in [2.45, 2.75) is 46.0 Å². The Kier molecular flexibility index (Phi) is 1.24. The predicted octanol–water partition coefficient (Wildman–Crippen LogP) is 2.79. The summed E-state index contributed by atoms with van der Waals surface area (Å²) in [6.07, 6.45) is 6.32. The summed E-state index contributed by atoms with van der Waals surface area (Å²) in [6.45, 7) is 4.57. The molecule has 0 aromatic carbocycles. The lowest BCUT2D eigenvalue weighted by Gasteiger charge is -2.62. The molecule has 0 aromatic heterocycles. The van der Waals surface area contributed by atoms with E-state index in [9.17, 15) is 4.79 Å². The van der Waals surface area contributed by atoms with Crippen molar-refractivity contribution in [2.75, 3.05) is 0 Å². The van der Waals surface area contributed by atoms with Gasteiger partial charge in [-0.05, 0) is 43.4 Å². The van der Waals surface area contributed by atoms with Crippen molar-refractivity contribution in [3.63, 3.8) is 0 Å². The Morgan fingerprint density at radius 3 is 2.62 bits per heavy atom. The Morgan fingerprint density at radius 1 is 1.23 bits per heavy atom. The first-order chi connectivity index (χ1) is 6.06. The molecule has 0 radical (unpaired) electrons. The van der Waals surface area contributed by atoms with E-state index < -0.39 is 0 Å². The van der Waals surface area contributed by atoms with E-state index >= 15 is 0 Å². The molecule has 5 aliphatic rings. The Labute approximate surface area is 79.9 Å². The van der Waals surface area contributed by atoms with Gasteiger partial charge in [0.15, 0.2) is 0 Å². The summed E-state index contributed by atoms with van der Waals surface area (Å²) >= 11 is 0. The third-order valence-corrected chi connectivity index (χ3v) is 5.35. The highest BCUT2D eigenvalue weighted by molar-refractivity contribution is 5.90. The van der Waals surface area contributed by atoms with Gasteiger partial charge in [0.25, 0.3) is 0 Å². The highest BCUT2D eigenvalue weighted by Gasteiger charge is 2.62. The maximum Gasteiger partial charge on any atom is 0.142 e. The smallest absolute Gasteiger partial charge is 0.142 e. The van der Waals surface area contributed by atoms with Gasteiger partial charge in [-0.1, -0.05) is 13.8 Å². The van der Waals surface area contributed by atoms with Crippen LogP contribution in [0.5, 0.6) is 0 Å². The zero-order chi connectivity index (χ0) is 9.27. The standard InChI is InChI=1S/C12H18O/c1-11-5-6-12(2)8(7-11)3-4-9(11)10(12)13/h8-9H,3-7H2,1-2H3. The average Bonchev–Trinajstić information content (AvgIpc) is 2.09. The molecular formula is C12H18O. The van der Waals surface area contributed by atoms with Crippen molar-refractivity contribution in [3.8, 4) is 0 Å². The quantitative estimate of drug-likeness (QED) is 0.557. The van der Waals surface area contributed by atoms with E-state index in [-0.39, 0.29) is 5.41 Å². The van der Waals surface area contributed by atoms with Crippen LogP contribution in [0.25, 0.3) is 0 Å². The van der Waals surface area contributed by atoms with E-state index in [2.05, 4.69) is 13.8 Å². The second kappa shape index (κ2) is 2.02. The van der Waals surface area contributed by atoms with Gasteiger partial charge in [0, 0.05) is 11.3 Å². The van der Waals surface area contributed by atoms with Crippen LogP contribution in [0.2, 0.25) is 0 Å². The van der Waals surface area contributed by atoms with Gasteiger partial charge in [-0.15, -0.1) is 0 Å². The maximum absolute atomic E-state index is 12.2. The van der Waals surface area contributed by atoms with Crippen LogP contribution in [-0.4, -0.2) is 5.78 Å². The average molecular weight is 178 g/mol. The SMILES string of the molecule is CC12CCC3(C)C(=O)C1CCC3C2. The number of rotatable bonds is 0. The van der Waals surface area contributed by atoms with Gasteiger partial charge in [-0.2, -0.15) is 0 Å². The van der Waals surface area contributed by atoms with Crippen molar-refractivity contribution < 1.29 is 4.79 Å². The van der Waals surface area contributed by atoms with E-state index in [0.29, 0.717) is 17.1 Å². The van der Waals surface area contributed by atoms with Gasteiger partial charge in [-0.3, -0.25) is 4.79 Å². The molecule has 0 amide bonds. The molecule has 5 fully saturated rings. The molecule has 13 heavy (non-hydrogen) atoms. The molecule has 72 valence electrons. The van der Waals surface area contributed by atoms with Crippen molar-refractivity contribution in [2.24, 2.45) is 22.7 Å². The summed E-state index contributed by atoms with van der Waals surface area (Å²) in [6, 6.07) is 0. The molecule has 0 aromatic rings. The number of carbonyl (C=O) groups is 1. The minimum absolute atomic E-state index is 0.0979. The molecule has 1 nitrogen and oxygen atoms in total. The molecule has 0 N–H and O–H groups in total. The first-order valence-electron chi connectivity index (χ1n) is 5.61. The fourth-order valence-electron chi connectivity index (χ4n) is 4.26. The number of hydrogen-bond acceptors (Lipinski definition) is 1. The largest absolute Gasteiger partial charge is 0.299 e. The Hall–Kier alpha value is -0.330. The van der Waals surface area contributed by atoms with Crippen LogP contribution < -0.4 is 0 Å². The predicted molar refractivity (Wildman–Crippen MR) is 51.3 cm³/mol. The molecule has 5 aliphatic carbocycles. The second-order valence-corrected chi connectivity index (χ2v) is 5.97. The highest BCUT2D eigenvalue weighted by Crippen LogP contribution is 2.65. The van der Waals surface area contributed by atoms with E-state index in [1.54, 1.807) is 0 Å². The molecule has 4 unspecified atom stereocenters. The number of carbonyl (C=O) groups excluding carboxylic acids is 1. The van der Waals surface area contributed by atoms with Crippen LogP contribution >= 0.6 is 0 Å². The Balaban J connectivity index is 2.12. The minimum Gasteiger partial charge on any atom is -0.299 e. The van der Waals surface area contributed by atoms with Crippen molar-refractivity contribution in [3.05, 3.63) is 0 Å². The number of ketones is 1. The van der Waals surface area contributed by atoms with Gasteiger partial charge in [0.1, 0.15) is 5.78 Å². The zero-order valence-electron chi connectivity index (χ0n) is 8.60. The molecule has 0 saturated heterocycles. The van der Waals surface area contributed by atoms with E-state index in [4.69, 9.17) is 0 Å². The fraction of sp³-hybridized carbons (Fsp3) is 0.917. The lowest BCUT2D eigenvalue weighted by Crippen LogP contribution is -2.60. The molecule has 5 saturated carbocycles. The van der Waals surface area contributed by atoms with Gasteiger partial charge in [0.2, 0.25) is 0 Å². The van der Waals surface area contributed by atoms with Gasteiger partial charge < -0.3 is 0 Å². The van der Waals surface area contributed by atoms with Crippen molar-refractivity contribution in [1.29, 1.82) is 0 Å². The van der Waals surface area contributed by atoms with Crippen LogP contribution in [0, 0.1) is 22.7 Å². The molecule has 4 atom stereocenters. The fourth-order valence-corrected chi connectivity index (χ4v) is 4.26. The summed E-state index contributed by atoms with van der Waals surface area (Å²) in [5, 5.41) is 0. The van der Waals surface area contributed by atoms with Crippen LogP contribution in [0.1, 0.15) is 46.0 Å². The summed E-state index contributed by atoms with van der Waals surface area (Å²) in [4.78, 5) is 12.2. The van der Waals surface area contributed by atoms with Crippen LogP contribution in [0.3, 0.4) is 0 Å². The van der Waals surface area contributed by atoms with E-state index in [1.807, 2.05) is 0 Å². The lowest BCUT2D eigenvalue weighted by molar-refractivity contribution is -0.173. The van der Waals surface area contributed by atoms with Crippen LogP contribution in [0.15, 0.2) is 0 Å². The highest BCUT2D eigenvalue weighted by atomic mass is 16.1. The topological polar surface area (TPSA) is 17.1 Å². The monoisotopic (exact) mass is 178 g/mol. The summed E-state index contributed by atoms with van der Waals surface area (Å²) in [5.41, 5.74) is 0.498. The number of hydrogen-bond donors (Lipinski definition) is 0. The summed E-state index contributed by atoms with van der Waals surface area (Å²) in [5.74, 6) is 1.77. The first-order valence-corrected chi connectivity index (χ1v) is 5.61. The van der Waals surface area contributed by atoms with Crippen LogP contribution in [0.4, 0.5) is 0 Å². The van der Waals surface area contributed by atoms with Crippen molar-refractivity contribution >= 4 is 5.78 Å². The molecular weight excluding hydrogens is 160 g/mol. The van der Waals surface area contributed by atoms with Gasteiger partial charge >= 0.3 is 0 Å². The number of Topliss-reactive ketones (excluding diaryl/α,β-unsaturated/α-hetero) is 1. The maximum atomic E-state index is 12.2. The first kappa shape index (κ1) is 8.02. The van der Waals surface area contributed by atoms with E-state index in [0.717, 1.165) is 5.92 Å². The molecule has 0 heterocycles. The normalized spacial score (nSPS) is 58.8. The summed E-state index contributed by atoms with van der Waals surface area (Å²) in [7, 11) is 0. The minimum atomic E-state index is 0.0979.